The lowest BCUT2D eigenvalue weighted by atomic mass is 10.3. The Labute approximate surface area is 95.1 Å². The summed E-state index contributed by atoms with van der Waals surface area (Å²) in [7, 11) is -3.19. The second kappa shape index (κ2) is 4.14. The third-order valence-corrected chi connectivity index (χ3v) is 4.23. The van der Waals surface area contributed by atoms with Crippen LogP contribution in [-0.4, -0.2) is 28.9 Å². The quantitative estimate of drug-likeness (QED) is 0.822. The fourth-order valence-corrected chi connectivity index (χ4v) is 2.71. The van der Waals surface area contributed by atoms with Crippen molar-refractivity contribution in [2.75, 3.05) is 5.75 Å². The van der Waals surface area contributed by atoms with Crippen LogP contribution in [0.2, 0.25) is 0 Å². The molecule has 1 aliphatic heterocycles. The number of rotatable bonds is 4. The second-order valence-electron chi connectivity index (χ2n) is 3.97. The molecule has 0 aromatic carbocycles. The summed E-state index contributed by atoms with van der Waals surface area (Å²) in [6, 6.07) is -0.315. The molecule has 0 radical (unpaired) electrons. The average Bonchev–Trinajstić information content (AvgIpc) is 2.77. The largest absolute Gasteiger partial charge is 0.314 e. The van der Waals surface area contributed by atoms with E-state index >= 15 is 0 Å². The Morgan fingerprint density at radius 3 is 2.94 bits per heavy atom. The van der Waals surface area contributed by atoms with E-state index < -0.39 is 10.0 Å². The number of nitrogens with one attached hydrogen (secondary N) is 1. The Morgan fingerprint density at radius 1 is 1.50 bits per heavy atom. The van der Waals surface area contributed by atoms with Crippen molar-refractivity contribution in [3.05, 3.63) is 11.6 Å². The third kappa shape index (κ3) is 2.10. The molecule has 0 spiro atoms. The van der Waals surface area contributed by atoms with Crippen LogP contribution in [0, 0.1) is 0 Å². The van der Waals surface area contributed by atoms with Gasteiger partial charge in [0.25, 0.3) is 0 Å². The minimum atomic E-state index is -3.19. The Kier molecular flexibility index (Phi) is 2.98. The van der Waals surface area contributed by atoms with E-state index in [0.29, 0.717) is 5.82 Å². The molecule has 1 atom stereocenters. The summed E-state index contributed by atoms with van der Waals surface area (Å²) < 4.78 is 27.5. The third-order valence-electron chi connectivity index (χ3n) is 2.76. The van der Waals surface area contributed by atoms with Gasteiger partial charge in [0.05, 0.1) is 11.8 Å². The summed E-state index contributed by atoms with van der Waals surface area (Å²) in [6.45, 7) is 4.29. The van der Waals surface area contributed by atoms with Gasteiger partial charge in [-0.1, -0.05) is 0 Å². The van der Waals surface area contributed by atoms with E-state index in [1.54, 1.807) is 13.8 Å². The molecule has 1 aromatic rings. The van der Waals surface area contributed by atoms with Gasteiger partial charge in [0.2, 0.25) is 10.0 Å². The van der Waals surface area contributed by atoms with Crippen LogP contribution in [0.1, 0.15) is 38.0 Å². The van der Waals surface area contributed by atoms with E-state index in [1.165, 1.54) is 0 Å². The maximum absolute atomic E-state index is 11.4. The molecule has 1 N–H and O–H groups in total. The normalized spacial score (nSPS) is 17.4. The molecule has 0 bridgehead atoms. The van der Waals surface area contributed by atoms with Gasteiger partial charge in [-0.25, -0.2) is 13.1 Å². The van der Waals surface area contributed by atoms with Crippen LogP contribution >= 0.6 is 0 Å². The zero-order valence-electron chi connectivity index (χ0n) is 9.47. The molecule has 2 rings (SSSR count). The molecule has 90 valence electrons. The van der Waals surface area contributed by atoms with Gasteiger partial charge in [-0.2, -0.15) is 0 Å². The fraction of sp³-hybridized carbons (Fsp3) is 0.778. The molecular weight excluding hydrogens is 228 g/mol. The molecule has 0 fully saturated rings. The molecule has 0 saturated carbocycles. The van der Waals surface area contributed by atoms with Gasteiger partial charge >= 0.3 is 0 Å². The molecule has 1 aliphatic rings. The van der Waals surface area contributed by atoms with Crippen LogP contribution in [0.5, 0.6) is 0 Å². The number of sulfonamides is 1. The first-order valence-corrected chi connectivity index (χ1v) is 7.10. The maximum Gasteiger partial charge on any atom is 0.211 e. The number of nitrogens with zero attached hydrogens (tertiary/aromatic N) is 3. The van der Waals surface area contributed by atoms with Crippen LogP contribution in [0.4, 0.5) is 0 Å². The molecule has 0 aliphatic carbocycles. The lowest BCUT2D eigenvalue weighted by Gasteiger charge is -2.13. The number of hydrogen-bond donors (Lipinski definition) is 1. The van der Waals surface area contributed by atoms with Gasteiger partial charge < -0.3 is 4.57 Å². The SMILES string of the molecule is CCS(=O)(=O)NC(C)c1nnc2n1CCC2. The minimum Gasteiger partial charge on any atom is -0.314 e. The van der Waals surface area contributed by atoms with Gasteiger partial charge in [-0.3, -0.25) is 0 Å². The Bertz CT molecular complexity index is 480. The number of fused-ring (bicyclic) bond motifs is 1. The Hall–Kier alpha value is -0.950. The number of hydrogen-bond acceptors (Lipinski definition) is 4. The van der Waals surface area contributed by atoms with E-state index in [1.807, 2.05) is 4.57 Å². The lowest BCUT2D eigenvalue weighted by molar-refractivity contribution is 0.547. The van der Waals surface area contributed by atoms with E-state index in [4.69, 9.17) is 0 Å². The van der Waals surface area contributed by atoms with Crippen molar-refractivity contribution in [2.45, 2.75) is 39.3 Å². The molecule has 1 aromatic heterocycles. The van der Waals surface area contributed by atoms with Gasteiger partial charge in [-0.15, -0.1) is 10.2 Å². The highest BCUT2D eigenvalue weighted by molar-refractivity contribution is 7.89. The summed E-state index contributed by atoms with van der Waals surface area (Å²) in [5.74, 6) is 1.75. The number of aromatic nitrogens is 3. The molecular formula is C9H16N4O2S. The van der Waals surface area contributed by atoms with Crippen molar-refractivity contribution < 1.29 is 8.42 Å². The maximum atomic E-state index is 11.4. The zero-order valence-corrected chi connectivity index (χ0v) is 10.3. The highest BCUT2D eigenvalue weighted by Gasteiger charge is 2.23. The van der Waals surface area contributed by atoms with Crippen LogP contribution < -0.4 is 4.72 Å². The van der Waals surface area contributed by atoms with Gasteiger partial charge in [0.15, 0.2) is 5.82 Å². The molecule has 2 heterocycles. The van der Waals surface area contributed by atoms with Crippen molar-refractivity contribution >= 4 is 10.0 Å². The van der Waals surface area contributed by atoms with Crippen LogP contribution in [0.3, 0.4) is 0 Å². The van der Waals surface area contributed by atoms with Crippen molar-refractivity contribution in [2.24, 2.45) is 0 Å². The fourth-order valence-electron chi connectivity index (χ4n) is 1.90. The topological polar surface area (TPSA) is 76.9 Å². The molecule has 16 heavy (non-hydrogen) atoms. The summed E-state index contributed by atoms with van der Waals surface area (Å²) in [5.41, 5.74) is 0. The summed E-state index contributed by atoms with van der Waals surface area (Å²) >= 11 is 0. The van der Waals surface area contributed by atoms with Crippen LogP contribution in [0.15, 0.2) is 0 Å². The first-order chi connectivity index (χ1) is 7.53. The van der Waals surface area contributed by atoms with Crippen molar-refractivity contribution in [3.63, 3.8) is 0 Å². The molecule has 6 nitrogen and oxygen atoms in total. The van der Waals surface area contributed by atoms with E-state index in [2.05, 4.69) is 14.9 Å². The minimum absolute atomic E-state index is 0.0817. The highest BCUT2D eigenvalue weighted by Crippen LogP contribution is 2.19. The predicted octanol–water partition coefficient (Wildman–Crippen LogP) is 0.225. The van der Waals surface area contributed by atoms with Crippen LogP contribution in [0.25, 0.3) is 0 Å². The van der Waals surface area contributed by atoms with Gasteiger partial charge in [0, 0.05) is 13.0 Å². The smallest absolute Gasteiger partial charge is 0.211 e. The molecule has 0 amide bonds. The Balaban J connectivity index is 2.19. The average molecular weight is 244 g/mol. The van der Waals surface area contributed by atoms with E-state index in [-0.39, 0.29) is 11.8 Å². The lowest BCUT2D eigenvalue weighted by Crippen LogP contribution is -2.30. The summed E-state index contributed by atoms with van der Waals surface area (Å²) in [6.07, 6.45) is 1.99. The van der Waals surface area contributed by atoms with Crippen molar-refractivity contribution in [1.29, 1.82) is 0 Å². The Morgan fingerprint density at radius 2 is 2.25 bits per heavy atom. The second-order valence-corrected chi connectivity index (χ2v) is 6.02. The van der Waals surface area contributed by atoms with Crippen molar-refractivity contribution in [1.82, 2.24) is 19.5 Å². The summed E-state index contributed by atoms with van der Waals surface area (Å²) in [5, 5.41) is 8.09. The monoisotopic (exact) mass is 244 g/mol. The molecule has 7 heteroatoms. The molecule has 1 unspecified atom stereocenters. The van der Waals surface area contributed by atoms with Crippen LogP contribution in [-0.2, 0) is 23.0 Å². The van der Waals surface area contributed by atoms with Gasteiger partial charge in [0.1, 0.15) is 5.82 Å². The number of aryl methyl sites for hydroxylation is 1. The highest BCUT2D eigenvalue weighted by atomic mass is 32.2. The van der Waals surface area contributed by atoms with Gasteiger partial charge in [-0.05, 0) is 20.3 Å². The zero-order chi connectivity index (χ0) is 11.8. The molecule has 0 saturated heterocycles. The van der Waals surface area contributed by atoms with E-state index in [0.717, 1.165) is 25.2 Å². The summed E-state index contributed by atoms with van der Waals surface area (Å²) in [4.78, 5) is 0. The standard InChI is InChI=1S/C9H16N4O2S/c1-3-16(14,15)12-7(2)9-11-10-8-5-4-6-13(8)9/h7,12H,3-6H2,1-2H3. The predicted molar refractivity (Wildman–Crippen MR) is 59.4 cm³/mol. The first kappa shape index (κ1) is 11.5. The van der Waals surface area contributed by atoms with E-state index in [9.17, 15) is 8.42 Å². The van der Waals surface area contributed by atoms with Crippen molar-refractivity contribution in [3.8, 4) is 0 Å². The first-order valence-electron chi connectivity index (χ1n) is 5.45.